The van der Waals surface area contributed by atoms with Crippen LogP contribution in [-0.4, -0.2) is 6.54 Å². The lowest BCUT2D eigenvalue weighted by Crippen LogP contribution is -2.18. The van der Waals surface area contributed by atoms with Crippen molar-refractivity contribution in [1.29, 1.82) is 0 Å². The lowest BCUT2D eigenvalue weighted by atomic mass is 9.95. The summed E-state index contributed by atoms with van der Waals surface area (Å²) >= 11 is 0. The molecular weight excluding hydrogens is 329 g/mol. The van der Waals surface area contributed by atoms with Gasteiger partial charge in [-0.05, 0) is 72.3 Å². The Kier molecular flexibility index (Phi) is 5.52. The van der Waals surface area contributed by atoms with Gasteiger partial charge in [0.05, 0.1) is 0 Å². The van der Waals surface area contributed by atoms with Crippen molar-refractivity contribution in [2.24, 2.45) is 0 Å². The van der Waals surface area contributed by atoms with Crippen molar-refractivity contribution in [1.82, 2.24) is 5.32 Å². The van der Waals surface area contributed by atoms with Crippen LogP contribution in [-0.2, 0) is 13.0 Å². The Morgan fingerprint density at radius 3 is 2.54 bits per heavy atom. The molecule has 0 unspecified atom stereocenters. The van der Waals surface area contributed by atoms with Crippen LogP contribution in [0.25, 0.3) is 11.0 Å². The highest BCUT2D eigenvalue weighted by molar-refractivity contribution is 5.82. The molecule has 0 spiro atoms. The number of benzene rings is 2. The zero-order valence-electron chi connectivity index (χ0n) is 15.4. The highest BCUT2D eigenvalue weighted by Crippen LogP contribution is 2.26. The quantitative estimate of drug-likeness (QED) is 0.516. The third kappa shape index (κ3) is 4.20. The van der Waals surface area contributed by atoms with Crippen molar-refractivity contribution in [3.8, 4) is 0 Å². The van der Waals surface area contributed by atoms with Crippen LogP contribution in [0.2, 0.25) is 0 Å². The largest absolute Gasteiger partial charge is 0.423 e. The van der Waals surface area contributed by atoms with Crippen molar-refractivity contribution in [3.05, 3.63) is 81.0 Å². The number of hydrogen-bond donors (Lipinski definition) is 1. The second-order valence-electron chi connectivity index (χ2n) is 7.00. The van der Waals surface area contributed by atoms with Gasteiger partial charge in [0.25, 0.3) is 0 Å². The minimum absolute atomic E-state index is 0.222. The Balaban J connectivity index is 1.77. The van der Waals surface area contributed by atoms with Gasteiger partial charge in [0.2, 0.25) is 0 Å². The maximum Gasteiger partial charge on any atom is 0.336 e. The van der Waals surface area contributed by atoms with Crippen LogP contribution in [0.1, 0.15) is 42.0 Å². The average molecular weight is 353 g/mol. The molecule has 1 heterocycles. The molecule has 2 aromatic carbocycles. The van der Waals surface area contributed by atoms with Crippen molar-refractivity contribution in [2.45, 2.75) is 39.7 Å². The predicted molar refractivity (Wildman–Crippen MR) is 103 cm³/mol. The smallest absolute Gasteiger partial charge is 0.336 e. The van der Waals surface area contributed by atoms with Gasteiger partial charge in [-0.1, -0.05) is 26.0 Å². The monoisotopic (exact) mass is 353 g/mol. The zero-order valence-corrected chi connectivity index (χ0v) is 15.4. The van der Waals surface area contributed by atoms with Crippen molar-refractivity contribution in [2.75, 3.05) is 6.54 Å². The second-order valence-corrected chi connectivity index (χ2v) is 7.00. The number of hydrogen-bond acceptors (Lipinski definition) is 3. The number of nitrogens with one attached hydrogen (secondary N) is 1. The summed E-state index contributed by atoms with van der Waals surface area (Å²) in [6, 6.07) is 12.2. The molecule has 3 aromatic rings. The minimum Gasteiger partial charge on any atom is -0.423 e. The molecule has 0 radical (unpaired) electrons. The first-order valence-electron chi connectivity index (χ1n) is 8.96. The summed E-state index contributed by atoms with van der Waals surface area (Å²) in [5.41, 5.74) is 4.72. The van der Waals surface area contributed by atoms with E-state index >= 15 is 0 Å². The molecule has 0 amide bonds. The van der Waals surface area contributed by atoms with Gasteiger partial charge in [0.15, 0.2) is 0 Å². The van der Waals surface area contributed by atoms with Gasteiger partial charge >= 0.3 is 5.63 Å². The van der Waals surface area contributed by atoms with Gasteiger partial charge in [-0.2, -0.15) is 0 Å². The highest BCUT2D eigenvalue weighted by atomic mass is 19.1. The van der Waals surface area contributed by atoms with Gasteiger partial charge in [0, 0.05) is 18.0 Å². The lowest BCUT2D eigenvalue weighted by molar-refractivity contribution is 0.556. The van der Waals surface area contributed by atoms with Crippen LogP contribution in [0.4, 0.5) is 4.39 Å². The molecule has 3 nitrogen and oxygen atoms in total. The molecule has 26 heavy (non-hydrogen) atoms. The Morgan fingerprint density at radius 1 is 1.12 bits per heavy atom. The molecule has 136 valence electrons. The summed E-state index contributed by atoms with van der Waals surface area (Å²) in [5.74, 6) is 0.186. The molecule has 0 saturated heterocycles. The fraction of sp³-hybridized carbons (Fsp3) is 0.318. The molecule has 4 heteroatoms. The summed E-state index contributed by atoms with van der Waals surface area (Å²) in [7, 11) is 0. The summed E-state index contributed by atoms with van der Waals surface area (Å²) in [6.07, 6.45) is 0.802. The molecule has 0 aliphatic carbocycles. The molecule has 1 aromatic heterocycles. The van der Waals surface area contributed by atoms with Crippen LogP contribution >= 0.6 is 0 Å². The highest BCUT2D eigenvalue weighted by Gasteiger charge is 2.11. The molecule has 0 aliphatic heterocycles. The molecule has 0 aliphatic rings. The van der Waals surface area contributed by atoms with Crippen LogP contribution in [0, 0.1) is 12.7 Å². The Morgan fingerprint density at radius 2 is 1.85 bits per heavy atom. The van der Waals surface area contributed by atoms with E-state index in [1.165, 1.54) is 17.7 Å². The number of rotatable bonds is 6. The normalized spacial score (nSPS) is 11.4. The Hall–Kier alpha value is -2.46. The van der Waals surface area contributed by atoms with Crippen LogP contribution in [0.3, 0.4) is 0 Å². The number of halogens is 1. The van der Waals surface area contributed by atoms with Gasteiger partial charge in [-0.3, -0.25) is 0 Å². The van der Waals surface area contributed by atoms with Gasteiger partial charge in [0.1, 0.15) is 11.4 Å². The summed E-state index contributed by atoms with van der Waals surface area (Å²) in [6.45, 7) is 7.70. The number of fused-ring (bicyclic) bond motifs is 1. The Bertz CT molecular complexity index is 958. The maximum atomic E-state index is 12.9. The van der Waals surface area contributed by atoms with Crippen molar-refractivity contribution in [3.63, 3.8) is 0 Å². The van der Waals surface area contributed by atoms with E-state index in [4.69, 9.17) is 4.42 Å². The maximum absolute atomic E-state index is 12.9. The van der Waals surface area contributed by atoms with E-state index in [1.54, 1.807) is 18.2 Å². The predicted octanol–water partition coefficient (Wildman–Crippen LogP) is 4.70. The van der Waals surface area contributed by atoms with E-state index in [0.717, 1.165) is 35.0 Å². The van der Waals surface area contributed by atoms with Gasteiger partial charge < -0.3 is 9.73 Å². The van der Waals surface area contributed by atoms with E-state index in [9.17, 15) is 9.18 Å². The van der Waals surface area contributed by atoms with Gasteiger partial charge in [-0.15, -0.1) is 0 Å². The molecule has 3 rings (SSSR count). The molecule has 0 fully saturated rings. The standard InChI is InChI=1S/C22H24FNO2/c1-14(2)19-12-20-17(11-22(25)26-21(20)10-15(19)3)13-24-9-8-16-4-6-18(23)7-5-16/h4-7,10-12,14,24H,8-9,13H2,1-3H3. The lowest BCUT2D eigenvalue weighted by Gasteiger charge is -2.13. The van der Waals surface area contributed by atoms with E-state index in [2.05, 4.69) is 25.2 Å². The molecule has 1 N–H and O–H groups in total. The first-order valence-corrected chi connectivity index (χ1v) is 8.96. The van der Waals surface area contributed by atoms with Crippen molar-refractivity contribution >= 4 is 11.0 Å². The molecule has 0 bridgehead atoms. The Labute approximate surface area is 152 Å². The summed E-state index contributed by atoms with van der Waals surface area (Å²) in [4.78, 5) is 11.9. The third-order valence-electron chi connectivity index (χ3n) is 4.66. The van der Waals surface area contributed by atoms with Crippen LogP contribution < -0.4 is 10.9 Å². The SMILES string of the molecule is Cc1cc2oc(=O)cc(CNCCc3ccc(F)cc3)c2cc1C(C)C. The first-order chi connectivity index (χ1) is 12.4. The molecular formula is C22H24FNO2. The fourth-order valence-corrected chi connectivity index (χ4v) is 3.27. The number of aryl methyl sites for hydroxylation is 1. The van der Waals surface area contributed by atoms with Crippen LogP contribution in [0.5, 0.6) is 0 Å². The van der Waals surface area contributed by atoms with E-state index in [0.29, 0.717) is 18.0 Å². The topological polar surface area (TPSA) is 42.2 Å². The fourth-order valence-electron chi connectivity index (χ4n) is 3.27. The van der Waals surface area contributed by atoms with E-state index < -0.39 is 0 Å². The third-order valence-corrected chi connectivity index (χ3v) is 4.66. The molecule has 0 atom stereocenters. The minimum atomic E-state index is -0.329. The zero-order chi connectivity index (χ0) is 18.7. The summed E-state index contributed by atoms with van der Waals surface area (Å²) < 4.78 is 18.3. The van der Waals surface area contributed by atoms with Gasteiger partial charge in [-0.25, -0.2) is 9.18 Å². The first kappa shape index (κ1) is 18.3. The van der Waals surface area contributed by atoms with Crippen molar-refractivity contribution < 1.29 is 8.81 Å². The average Bonchev–Trinajstić information content (AvgIpc) is 2.59. The summed E-state index contributed by atoms with van der Waals surface area (Å²) in [5, 5.41) is 4.35. The second kappa shape index (κ2) is 7.83. The molecule has 0 saturated carbocycles. The van der Waals surface area contributed by atoms with E-state index in [-0.39, 0.29) is 11.4 Å². The van der Waals surface area contributed by atoms with Crippen LogP contribution in [0.15, 0.2) is 51.7 Å². The van der Waals surface area contributed by atoms with E-state index in [1.807, 2.05) is 13.0 Å².